The van der Waals surface area contributed by atoms with Gasteiger partial charge in [0.15, 0.2) is 11.5 Å². The number of hydroxylamine groups is 2. The average Bonchev–Trinajstić information content (AvgIpc) is 3.50. The number of aromatic nitrogens is 1. The van der Waals surface area contributed by atoms with Crippen molar-refractivity contribution in [3.05, 3.63) is 53.9 Å². The van der Waals surface area contributed by atoms with Gasteiger partial charge in [-0.05, 0) is 55.5 Å². The minimum absolute atomic E-state index is 0.0986. The lowest BCUT2D eigenvalue weighted by Gasteiger charge is -2.29. The molecule has 0 spiro atoms. The first-order valence-electron chi connectivity index (χ1n) is 12.7. The van der Waals surface area contributed by atoms with Crippen molar-refractivity contribution in [1.29, 1.82) is 0 Å². The molecule has 2 aliphatic heterocycles. The van der Waals surface area contributed by atoms with E-state index in [1.54, 1.807) is 6.20 Å². The van der Waals surface area contributed by atoms with Crippen LogP contribution in [0.3, 0.4) is 0 Å². The Morgan fingerprint density at radius 2 is 2.00 bits per heavy atom. The zero-order chi connectivity index (χ0) is 25.5. The highest BCUT2D eigenvalue weighted by atomic mass is 16.7. The number of aryl methyl sites for hydroxylation is 1. The fourth-order valence-electron chi connectivity index (χ4n) is 5.09. The van der Waals surface area contributed by atoms with E-state index in [0.717, 1.165) is 24.1 Å². The van der Waals surface area contributed by atoms with Crippen LogP contribution in [0.25, 0.3) is 0 Å². The van der Waals surface area contributed by atoms with E-state index in [9.17, 15) is 14.7 Å². The molecule has 1 unspecified atom stereocenters. The van der Waals surface area contributed by atoms with Gasteiger partial charge in [-0.3, -0.25) is 24.3 Å². The molecule has 3 heterocycles. The number of carboxylic acid groups (broad SMARTS) is 1. The summed E-state index contributed by atoms with van der Waals surface area (Å²) in [5.74, 6) is -0.716. The number of nitrogens with zero attached hydrogens (tertiary/aromatic N) is 3. The number of rotatable bonds is 12. The smallest absolute Gasteiger partial charge is 0.308 e. The Morgan fingerprint density at radius 3 is 2.72 bits per heavy atom. The third-order valence-corrected chi connectivity index (χ3v) is 6.78. The van der Waals surface area contributed by atoms with Gasteiger partial charge in [0.05, 0.1) is 19.1 Å². The first-order chi connectivity index (χ1) is 17.5. The van der Waals surface area contributed by atoms with Crippen LogP contribution in [0, 0.1) is 5.92 Å². The minimum Gasteiger partial charge on any atom is -0.481 e. The molecule has 0 aliphatic carbocycles. The molecular weight excluding hydrogens is 462 g/mol. The summed E-state index contributed by atoms with van der Waals surface area (Å²) in [7, 11) is 0. The molecular formula is C27H35N3O6. The predicted molar refractivity (Wildman–Crippen MR) is 133 cm³/mol. The second-order valence-electron chi connectivity index (χ2n) is 9.27. The summed E-state index contributed by atoms with van der Waals surface area (Å²) >= 11 is 0. The van der Waals surface area contributed by atoms with Crippen molar-refractivity contribution in [2.24, 2.45) is 5.92 Å². The quantitative estimate of drug-likeness (QED) is 0.445. The maximum Gasteiger partial charge on any atom is 0.308 e. The lowest BCUT2D eigenvalue weighted by Crippen LogP contribution is -2.44. The molecule has 1 N–H and O–H groups in total. The van der Waals surface area contributed by atoms with Crippen molar-refractivity contribution in [1.82, 2.24) is 14.9 Å². The lowest BCUT2D eigenvalue weighted by molar-refractivity contribution is -0.188. The van der Waals surface area contributed by atoms with Crippen molar-refractivity contribution in [2.75, 3.05) is 33.0 Å². The number of aliphatic carboxylic acids is 1. The summed E-state index contributed by atoms with van der Waals surface area (Å²) in [6, 6.07) is 11.0. The number of likely N-dealkylation sites (tertiary alicyclic amines) is 1. The lowest BCUT2D eigenvalue weighted by atomic mass is 9.83. The van der Waals surface area contributed by atoms with Gasteiger partial charge in [0.25, 0.3) is 5.91 Å². The predicted octanol–water partition coefficient (Wildman–Crippen LogP) is 3.49. The molecule has 1 amide bonds. The topological polar surface area (TPSA) is 101 Å². The zero-order valence-electron chi connectivity index (χ0n) is 21.0. The largest absolute Gasteiger partial charge is 0.481 e. The fourth-order valence-corrected chi connectivity index (χ4v) is 5.09. The molecule has 3 atom stereocenters. The summed E-state index contributed by atoms with van der Waals surface area (Å²) in [5.41, 5.74) is 1.77. The molecule has 2 aromatic rings. The maximum absolute atomic E-state index is 13.3. The second-order valence-corrected chi connectivity index (χ2v) is 9.27. The van der Waals surface area contributed by atoms with E-state index in [4.69, 9.17) is 14.3 Å². The maximum atomic E-state index is 13.3. The van der Waals surface area contributed by atoms with Crippen LogP contribution in [0.4, 0.5) is 0 Å². The van der Waals surface area contributed by atoms with Crippen LogP contribution in [0.1, 0.15) is 50.3 Å². The highest BCUT2D eigenvalue weighted by Crippen LogP contribution is 2.43. The minimum atomic E-state index is -0.869. The molecule has 1 aromatic carbocycles. The van der Waals surface area contributed by atoms with Gasteiger partial charge in [-0.15, -0.1) is 0 Å². The van der Waals surface area contributed by atoms with E-state index in [1.807, 2.05) is 55.1 Å². The molecule has 0 bridgehead atoms. The van der Waals surface area contributed by atoms with Crippen LogP contribution in [0.15, 0.2) is 42.6 Å². The van der Waals surface area contributed by atoms with E-state index in [1.165, 1.54) is 5.06 Å². The van der Waals surface area contributed by atoms with Gasteiger partial charge in [-0.1, -0.05) is 26.0 Å². The molecule has 4 rings (SSSR count). The van der Waals surface area contributed by atoms with Gasteiger partial charge in [0.1, 0.15) is 0 Å². The van der Waals surface area contributed by atoms with Crippen molar-refractivity contribution >= 4 is 11.9 Å². The van der Waals surface area contributed by atoms with E-state index in [0.29, 0.717) is 44.0 Å². The molecule has 194 valence electrons. The van der Waals surface area contributed by atoms with Crippen LogP contribution in [0.5, 0.6) is 11.5 Å². The normalized spacial score (nSPS) is 21.0. The van der Waals surface area contributed by atoms with E-state index in [-0.39, 0.29) is 31.2 Å². The van der Waals surface area contributed by atoms with Gasteiger partial charge < -0.3 is 14.6 Å². The van der Waals surface area contributed by atoms with E-state index >= 15 is 0 Å². The van der Waals surface area contributed by atoms with Crippen LogP contribution < -0.4 is 9.47 Å². The molecule has 1 aromatic heterocycles. The number of amides is 1. The number of benzene rings is 1. The zero-order valence-corrected chi connectivity index (χ0v) is 21.0. The summed E-state index contributed by atoms with van der Waals surface area (Å²) in [6.07, 6.45) is 4.52. The number of fused-ring (bicyclic) bond motifs is 1. The standard InChI is InChI=1S/C27H35N3O6/c1-3-13-30(36-14-4-2)25(31)17-29-16-21(19-8-11-23-24(15-19)35-18-34-23)26(27(32)33)22(29)10-9-20-7-5-6-12-28-20/h5-8,11-12,15,21-22,26H,3-4,9-10,13-14,16-18H2,1-2H3,(H,32,33)/t21-,22+,26?/m1/s1. The number of hydrogen-bond acceptors (Lipinski definition) is 7. The highest BCUT2D eigenvalue weighted by molar-refractivity contribution is 5.78. The summed E-state index contributed by atoms with van der Waals surface area (Å²) in [6.45, 7) is 5.66. The Kier molecular flexibility index (Phi) is 8.77. The second kappa shape index (κ2) is 12.2. The third kappa shape index (κ3) is 5.96. The molecule has 1 saturated heterocycles. The van der Waals surface area contributed by atoms with Gasteiger partial charge >= 0.3 is 5.97 Å². The van der Waals surface area contributed by atoms with Crippen molar-refractivity contribution in [3.8, 4) is 11.5 Å². The van der Waals surface area contributed by atoms with Crippen LogP contribution in [0.2, 0.25) is 0 Å². The van der Waals surface area contributed by atoms with Crippen molar-refractivity contribution in [2.45, 2.75) is 51.5 Å². The number of carbonyl (C=O) groups is 2. The van der Waals surface area contributed by atoms with Gasteiger partial charge in [0, 0.05) is 36.9 Å². The monoisotopic (exact) mass is 497 g/mol. The van der Waals surface area contributed by atoms with Gasteiger partial charge in [-0.25, -0.2) is 5.06 Å². The van der Waals surface area contributed by atoms with Gasteiger partial charge in [0.2, 0.25) is 6.79 Å². The Hall–Kier alpha value is -3.17. The third-order valence-electron chi connectivity index (χ3n) is 6.78. The number of ether oxygens (including phenoxy) is 2. The first kappa shape index (κ1) is 25.9. The highest BCUT2D eigenvalue weighted by Gasteiger charge is 2.47. The first-order valence-corrected chi connectivity index (χ1v) is 12.7. The van der Waals surface area contributed by atoms with E-state index < -0.39 is 11.9 Å². The number of carboxylic acids is 1. The van der Waals surface area contributed by atoms with Crippen LogP contribution >= 0.6 is 0 Å². The Morgan fingerprint density at radius 1 is 1.17 bits per heavy atom. The molecule has 1 fully saturated rings. The summed E-state index contributed by atoms with van der Waals surface area (Å²) < 4.78 is 11.0. The Balaban J connectivity index is 1.59. The van der Waals surface area contributed by atoms with Crippen molar-refractivity contribution < 1.29 is 29.0 Å². The Bertz CT molecular complexity index is 1030. The Labute approximate surface area is 211 Å². The molecule has 0 radical (unpaired) electrons. The number of pyridine rings is 1. The number of carbonyl (C=O) groups excluding carboxylic acids is 1. The molecule has 9 heteroatoms. The molecule has 36 heavy (non-hydrogen) atoms. The summed E-state index contributed by atoms with van der Waals surface area (Å²) in [4.78, 5) is 38.0. The van der Waals surface area contributed by atoms with Crippen LogP contribution in [-0.2, 0) is 20.8 Å². The summed E-state index contributed by atoms with van der Waals surface area (Å²) in [5, 5.41) is 11.8. The fraction of sp³-hybridized carbons (Fsp3) is 0.519. The average molecular weight is 498 g/mol. The van der Waals surface area contributed by atoms with Crippen molar-refractivity contribution in [3.63, 3.8) is 0 Å². The molecule has 0 saturated carbocycles. The van der Waals surface area contributed by atoms with Crippen LogP contribution in [-0.4, -0.2) is 71.0 Å². The molecule has 2 aliphatic rings. The van der Waals surface area contributed by atoms with E-state index in [2.05, 4.69) is 4.98 Å². The van der Waals surface area contributed by atoms with Gasteiger partial charge in [-0.2, -0.15) is 0 Å². The molecule has 9 nitrogen and oxygen atoms in total. The number of hydrogen-bond donors (Lipinski definition) is 1. The SMILES string of the molecule is CCCON(CCC)C(=O)CN1C[C@H](c2ccc3c(c2)OCO3)C(C(=O)O)[C@@H]1CCc1ccccn1.